The largest absolute Gasteiger partial charge is 0.389 e. The molecule has 2 aromatic heterocycles. The van der Waals surface area contributed by atoms with Crippen LogP contribution in [0.1, 0.15) is 31.0 Å². The van der Waals surface area contributed by atoms with Gasteiger partial charge >= 0.3 is 0 Å². The second-order valence-corrected chi connectivity index (χ2v) is 8.45. The summed E-state index contributed by atoms with van der Waals surface area (Å²) in [5.41, 5.74) is 0.823. The maximum Gasteiger partial charge on any atom is 0.147 e. The molecule has 4 rings (SSSR count). The third kappa shape index (κ3) is 4.41. The molecule has 2 aliphatic heterocycles. The van der Waals surface area contributed by atoms with Gasteiger partial charge in [-0.05, 0) is 50.5 Å². The van der Waals surface area contributed by atoms with E-state index in [9.17, 15) is 5.11 Å². The number of hydrogen-bond donors (Lipinski definition) is 2. The Morgan fingerprint density at radius 1 is 1.41 bits per heavy atom. The van der Waals surface area contributed by atoms with Crippen LogP contribution in [0.25, 0.3) is 10.6 Å². The number of aliphatic hydroxyl groups is 1. The molecule has 2 aliphatic rings. The van der Waals surface area contributed by atoms with Crippen molar-refractivity contribution >= 4 is 29.0 Å². The average Bonchev–Trinajstić information content (AvgIpc) is 3.15. The molecule has 9 heteroatoms. The Labute approximate surface area is 167 Å². The van der Waals surface area contributed by atoms with Crippen LogP contribution < -0.4 is 5.32 Å². The normalized spacial score (nSPS) is 26.9. The number of ether oxygens (including phenoxy) is 1. The van der Waals surface area contributed by atoms with Gasteiger partial charge < -0.3 is 20.1 Å². The van der Waals surface area contributed by atoms with Gasteiger partial charge in [-0.2, -0.15) is 4.37 Å². The Morgan fingerprint density at radius 3 is 3.11 bits per heavy atom. The van der Waals surface area contributed by atoms with E-state index in [1.54, 1.807) is 6.20 Å². The Morgan fingerprint density at radius 2 is 2.30 bits per heavy atom. The zero-order chi connectivity index (χ0) is 18.8. The number of pyridine rings is 1. The highest BCUT2D eigenvalue weighted by atomic mass is 35.5. The van der Waals surface area contributed by atoms with Crippen molar-refractivity contribution in [2.24, 2.45) is 0 Å². The molecule has 0 radical (unpaired) electrons. The molecule has 2 aromatic rings. The van der Waals surface area contributed by atoms with E-state index in [0.717, 1.165) is 42.3 Å². The molecular formula is C18H24ClN5O2S. The Balaban J connectivity index is 1.53. The van der Waals surface area contributed by atoms with E-state index < -0.39 is 6.10 Å². The minimum Gasteiger partial charge on any atom is -0.389 e. The van der Waals surface area contributed by atoms with Gasteiger partial charge in [0.1, 0.15) is 16.6 Å². The third-order valence-electron chi connectivity index (χ3n) is 5.18. The van der Waals surface area contributed by atoms with Crippen molar-refractivity contribution in [3.63, 3.8) is 0 Å². The van der Waals surface area contributed by atoms with Gasteiger partial charge in [0.05, 0.1) is 23.8 Å². The smallest absolute Gasteiger partial charge is 0.147 e. The fraction of sp³-hybridized carbons (Fsp3) is 0.611. The SMILES string of the molecule is CN1CCC[C@H](c2nsc(-c3cc(N[C@@H]4CCOC[C@H]4O)ncc3Cl)n2)C1. The number of nitrogens with zero attached hydrogens (tertiary/aromatic N) is 4. The summed E-state index contributed by atoms with van der Waals surface area (Å²) in [6, 6.07) is 1.81. The van der Waals surface area contributed by atoms with Crippen LogP contribution in [0.5, 0.6) is 0 Å². The fourth-order valence-electron chi connectivity index (χ4n) is 3.65. The van der Waals surface area contributed by atoms with Gasteiger partial charge in [0.15, 0.2) is 0 Å². The van der Waals surface area contributed by atoms with E-state index in [-0.39, 0.29) is 6.04 Å². The van der Waals surface area contributed by atoms with Gasteiger partial charge in [0.25, 0.3) is 0 Å². The molecule has 2 fully saturated rings. The number of hydrogen-bond acceptors (Lipinski definition) is 8. The molecule has 0 bridgehead atoms. The first kappa shape index (κ1) is 19.0. The molecule has 27 heavy (non-hydrogen) atoms. The number of aliphatic hydroxyl groups excluding tert-OH is 1. The highest BCUT2D eigenvalue weighted by molar-refractivity contribution is 7.09. The molecule has 2 N–H and O–H groups in total. The summed E-state index contributed by atoms with van der Waals surface area (Å²) < 4.78 is 9.88. The number of likely N-dealkylation sites (tertiary alicyclic amines) is 1. The molecular weight excluding hydrogens is 386 g/mol. The molecule has 146 valence electrons. The van der Waals surface area contributed by atoms with Gasteiger partial charge in [0.2, 0.25) is 0 Å². The second kappa shape index (κ2) is 8.36. The average molecular weight is 410 g/mol. The number of anilines is 1. The maximum atomic E-state index is 10.1. The number of aromatic nitrogens is 3. The Bertz CT molecular complexity index is 789. The van der Waals surface area contributed by atoms with E-state index in [2.05, 4.69) is 26.6 Å². The predicted octanol–water partition coefficient (Wildman–Crippen LogP) is 2.62. The lowest BCUT2D eigenvalue weighted by Gasteiger charge is -2.28. The quantitative estimate of drug-likeness (QED) is 0.802. The van der Waals surface area contributed by atoms with Gasteiger partial charge in [-0.1, -0.05) is 11.6 Å². The summed E-state index contributed by atoms with van der Waals surface area (Å²) in [4.78, 5) is 11.5. The summed E-state index contributed by atoms with van der Waals surface area (Å²) in [5, 5.41) is 14.7. The Kier molecular flexibility index (Phi) is 5.89. The van der Waals surface area contributed by atoms with Crippen LogP contribution in [0.4, 0.5) is 5.82 Å². The summed E-state index contributed by atoms with van der Waals surface area (Å²) in [6.45, 7) is 3.10. The fourth-order valence-corrected chi connectivity index (χ4v) is 4.67. The van der Waals surface area contributed by atoms with Crippen LogP contribution >= 0.6 is 23.1 Å². The molecule has 0 amide bonds. The van der Waals surface area contributed by atoms with Crippen molar-refractivity contribution in [1.82, 2.24) is 19.2 Å². The molecule has 0 aliphatic carbocycles. The van der Waals surface area contributed by atoms with Gasteiger partial charge in [0, 0.05) is 30.8 Å². The van der Waals surface area contributed by atoms with Crippen LogP contribution in [0.15, 0.2) is 12.3 Å². The van der Waals surface area contributed by atoms with Crippen molar-refractivity contribution in [3.05, 3.63) is 23.1 Å². The second-order valence-electron chi connectivity index (χ2n) is 7.29. The Hall–Kier alpha value is -1.32. The van der Waals surface area contributed by atoms with E-state index in [1.165, 1.54) is 18.0 Å². The highest BCUT2D eigenvalue weighted by Gasteiger charge is 2.25. The maximum absolute atomic E-state index is 10.1. The summed E-state index contributed by atoms with van der Waals surface area (Å²) in [7, 11) is 2.14. The lowest BCUT2D eigenvalue weighted by atomic mass is 9.98. The van der Waals surface area contributed by atoms with Gasteiger partial charge in [-0.3, -0.25) is 0 Å². The molecule has 0 aromatic carbocycles. The third-order valence-corrected chi connectivity index (χ3v) is 6.24. The molecule has 2 saturated heterocycles. The number of likely N-dealkylation sites (N-methyl/N-ethyl adjacent to an activating group) is 1. The number of piperidine rings is 1. The summed E-state index contributed by atoms with van der Waals surface area (Å²) in [5.74, 6) is 1.96. The van der Waals surface area contributed by atoms with Crippen molar-refractivity contribution in [1.29, 1.82) is 0 Å². The first-order valence-corrected chi connectivity index (χ1v) is 10.5. The van der Waals surface area contributed by atoms with E-state index in [4.69, 9.17) is 21.3 Å². The first-order valence-electron chi connectivity index (χ1n) is 9.30. The molecule has 7 nitrogen and oxygen atoms in total. The summed E-state index contributed by atoms with van der Waals surface area (Å²) in [6.07, 6.45) is 4.11. The van der Waals surface area contributed by atoms with Crippen LogP contribution in [0.2, 0.25) is 5.02 Å². The highest BCUT2D eigenvalue weighted by Crippen LogP contribution is 2.33. The zero-order valence-corrected chi connectivity index (χ0v) is 16.8. The van der Waals surface area contributed by atoms with E-state index in [1.807, 2.05) is 6.07 Å². The molecule has 0 saturated carbocycles. The topological polar surface area (TPSA) is 83.4 Å². The van der Waals surface area contributed by atoms with Crippen LogP contribution in [0.3, 0.4) is 0 Å². The molecule has 4 heterocycles. The number of nitrogens with one attached hydrogen (secondary N) is 1. The van der Waals surface area contributed by atoms with E-state index in [0.29, 0.717) is 30.0 Å². The minimum absolute atomic E-state index is 0.0805. The zero-order valence-electron chi connectivity index (χ0n) is 15.3. The molecule has 0 spiro atoms. The predicted molar refractivity (Wildman–Crippen MR) is 106 cm³/mol. The van der Waals surface area contributed by atoms with Crippen molar-refractivity contribution in [2.45, 2.75) is 37.3 Å². The lowest BCUT2D eigenvalue weighted by Crippen LogP contribution is -2.42. The van der Waals surface area contributed by atoms with Crippen molar-refractivity contribution in [2.75, 3.05) is 38.7 Å². The van der Waals surface area contributed by atoms with Crippen molar-refractivity contribution in [3.8, 4) is 10.6 Å². The number of halogens is 1. The first-order chi connectivity index (χ1) is 13.1. The lowest BCUT2D eigenvalue weighted by molar-refractivity contribution is -0.0135. The van der Waals surface area contributed by atoms with E-state index >= 15 is 0 Å². The van der Waals surface area contributed by atoms with Gasteiger partial charge in [-0.15, -0.1) is 0 Å². The molecule has 0 unspecified atom stereocenters. The van der Waals surface area contributed by atoms with Crippen LogP contribution in [-0.4, -0.2) is 69.8 Å². The van der Waals surface area contributed by atoms with Crippen molar-refractivity contribution < 1.29 is 9.84 Å². The van der Waals surface area contributed by atoms with Crippen LogP contribution in [-0.2, 0) is 4.74 Å². The van der Waals surface area contributed by atoms with Crippen LogP contribution in [0, 0.1) is 0 Å². The summed E-state index contributed by atoms with van der Waals surface area (Å²) >= 11 is 7.77. The number of rotatable bonds is 4. The molecule has 3 atom stereocenters. The standard InChI is InChI=1S/C18H24ClN5O2S/c1-24-5-2-3-11(9-24)17-22-18(27-23-17)12-7-16(20-8-13(12)19)21-14-4-6-26-10-15(14)25/h7-8,11,14-15,25H,2-6,9-10H2,1H3,(H,20,21)/t11-,14+,15+/m0/s1. The monoisotopic (exact) mass is 409 g/mol. The van der Waals surface area contributed by atoms with Gasteiger partial charge in [-0.25, -0.2) is 9.97 Å². The minimum atomic E-state index is -0.545.